The number of nitrogens with two attached hydrogens (primary N) is 1. The van der Waals surface area contributed by atoms with Gasteiger partial charge in [-0.15, -0.1) is 0 Å². The molecule has 0 radical (unpaired) electrons. The van der Waals surface area contributed by atoms with Gasteiger partial charge in [-0.1, -0.05) is 6.92 Å². The van der Waals surface area contributed by atoms with Gasteiger partial charge in [0.25, 0.3) is 5.91 Å². The fraction of sp³-hybridized carbons (Fsp3) is 0.412. The lowest BCUT2D eigenvalue weighted by molar-refractivity contribution is -0.147. The van der Waals surface area contributed by atoms with Gasteiger partial charge in [-0.2, -0.15) is 0 Å². The molecular weight excluding hydrogens is 328 g/mol. The summed E-state index contributed by atoms with van der Waals surface area (Å²) >= 11 is 0. The van der Waals surface area contributed by atoms with Gasteiger partial charge in [0, 0.05) is 12.5 Å². The van der Waals surface area contributed by atoms with Crippen LogP contribution < -0.4 is 15.8 Å². The van der Waals surface area contributed by atoms with Crippen LogP contribution in [0.2, 0.25) is 0 Å². The maximum Gasteiger partial charge on any atom is 0.308 e. The Balaban J connectivity index is 2.74. The Morgan fingerprint density at radius 1 is 1.16 bits per heavy atom. The Morgan fingerprint density at radius 2 is 1.76 bits per heavy atom. The second-order valence-electron chi connectivity index (χ2n) is 5.44. The average Bonchev–Trinajstić information content (AvgIpc) is 2.54. The van der Waals surface area contributed by atoms with Crippen LogP contribution in [-0.4, -0.2) is 36.4 Å². The quantitative estimate of drug-likeness (QED) is 0.527. The number of nitrogens with one attached hydrogen (secondary N) is 1. The number of amides is 2. The van der Waals surface area contributed by atoms with Gasteiger partial charge in [0.2, 0.25) is 5.91 Å². The van der Waals surface area contributed by atoms with Crippen molar-refractivity contribution < 1.29 is 28.7 Å². The number of carbonyl (C=O) groups is 4. The Hall–Kier alpha value is -2.90. The van der Waals surface area contributed by atoms with Gasteiger partial charge < -0.3 is 20.5 Å². The molecule has 1 rings (SSSR count). The van der Waals surface area contributed by atoms with Crippen molar-refractivity contribution in [3.63, 3.8) is 0 Å². The molecule has 0 heterocycles. The highest BCUT2D eigenvalue weighted by molar-refractivity contribution is 5.97. The van der Waals surface area contributed by atoms with Crippen molar-refractivity contribution in [1.29, 1.82) is 0 Å². The fourth-order valence-corrected chi connectivity index (χ4v) is 2.06. The number of hydrogen-bond donors (Lipinski definition) is 2. The first-order valence-corrected chi connectivity index (χ1v) is 7.79. The third kappa shape index (κ3) is 6.62. The third-order valence-electron chi connectivity index (χ3n) is 3.31. The van der Waals surface area contributed by atoms with Crippen molar-refractivity contribution in [2.75, 3.05) is 6.61 Å². The zero-order chi connectivity index (χ0) is 19.0. The standard InChI is InChI=1S/C17H22N2O6/c1-4-24-17(23)10(2)9-14(15(18)21)19-16(22)12-5-7-13(8-6-12)25-11(3)20/h5-8,10,14H,4,9H2,1-3H3,(H2,18,21)(H,19,22)/t10-,14+/m0/s1. The van der Waals surface area contributed by atoms with Gasteiger partial charge >= 0.3 is 11.9 Å². The number of ether oxygens (including phenoxy) is 2. The first kappa shape index (κ1) is 20.1. The molecule has 3 N–H and O–H groups in total. The van der Waals surface area contributed by atoms with E-state index in [1.165, 1.54) is 31.2 Å². The molecule has 0 aliphatic heterocycles. The van der Waals surface area contributed by atoms with Crippen molar-refractivity contribution in [2.24, 2.45) is 11.7 Å². The number of carbonyl (C=O) groups excluding carboxylic acids is 4. The maximum absolute atomic E-state index is 12.2. The molecule has 0 fully saturated rings. The monoisotopic (exact) mass is 350 g/mol. The fourth-order valence-electron chi connectivity index (χ4n) is 2.06. The van der Waals surface area contributed by atoms with Gasteiger partial charge in [0.15, 0.2) is 0 Å². The van der Waals surface area contributed by atoms with E-state index in [2.05, 4.69) is 5.32 Å². The topological polar surface area (TPSA) is 125 Å². The average molecular weight is 350 g/mol. The maximum atomic E-state index is 12.2. The van der Waals surface area contributed by atoms with E-state index in [1.54, 1.807) is 13.8 Å². The predicted octanol–water partition coefficient (Wildman–Crippen LogP) is 0.785. The molecule has 0 bridgehead atoms. The number of primary amides is 1. The van der Waals surface area contributed by atoms with Gasteiger partial charge in [-0.25, -0.2) is 0 Å². The highest BCUT2D eigenvalue weighted by Crippen LogP contribution is 2.14. The molecule has 0 aromatic heterocycles. The molecule has 25 heavy (non-hydrogen) atoms. The third-order valence-corrected chi connectivity index (χ3v) is 3.31. The minimum atomic E-state index is -1.01. The molecule has 2 amide bonds. The molecule has 136 valence electrons. The molecule has 0 aliphatic rings. The first-order valence-electron chi connectivity index (χ1n) is 7.79. The minimum absolute atomic E-state index is 0.0332. The molecule has 2 atom stereocenters. The summed E-state index contributed by atoms with van der Waals surface area (Å²) in [6.45, 7) is 4.76. The second-order valence-corrected chi connectivity index (χ2v) is 5.44. The highest BCUT2D eigenvalue weighted by Gasteiger charge is 2.25. The zero-order valence-electron chi connectivity index (χ0n) is 14.4. The van der Waals surface area contributed by atoms with E-state index in [-0.39, 0.29) is 18.6 Å². The predicted molar refractivity (Wildman–Crippen MR) is 88.6 cm³/mol. The van der Waals surface area contributed by atoms with Crippen LogP contribution in [0.1, 0.15) is 37.6 Å². The largest absolute Gasteiger partial charge is 0.466 e. The molecule has 0 saturated carbocycles. The number of esters is 2. The number of rotatable bonds is 8. The molecule has 8 nitrogen and oxygen atoms in total. The van der Waals surface area contributed by atoms with E-state index < -0.39 is 35.7 Å². The van der Waals surface area contributed by atoms with Crippen LogP contribution in [0.15, 0.2) is 24.3 Å². The van der Waals surface area contributed by atoms with Gasteiger partial charge in [0.1, 0.15) is 11.8 Å². The molecule has 1 aromatic rings. The van der Waals surface area contributed by atoms with Crippen molar-refractivity contribution in [3.8, 4) is 5.75 Å². The SMILES string of the molecule is CCOC(=O)[C@@H](C)C[C@@H](NC(=O)c1ccc(OC(C)=O)cc1)C(N)=O. The highest BCUT2D eigenvalue weighted by atomic mass is 16.5. The normalized spacial score (nSPS) is 12.6. The zero-order valence-corrected chi connectivity index (χ0v) is 14.4. The van der Waals surface area contributed by atoms with Crippen molar-refractivity contribution in [3.05, 3.63) is 29.8 Å². The summed E-state index contributed by atoms with van der Waals surface area (Å²) in [7, 11) is 0. The summed E-state index contributed by atoms with van der Waals surface area (Å²) in [6, 6.07) is 4.79. The summed E-state index contributed by atoms with van der Waals surface area (Å²) in [4.78, 5) is 46.3. The van der Waals surface area contributed by atoms with Gasteiger partial charge in [0.05, 0.1) is 12.5 Å². The Kier molecular flexibility index (Phi) is 7.58. The molecule has 1 aromatic carbocycles. The van der Waals surface area contributed by atoms with Gasteiger partial charge in [-0.05, 0) is 37.6 Å². The Labute approximate surface area is 145 Å². The molecule has 0 spiro atoms. The van der Waals surface area contributed by atoms with Gasteiger partial charge in [-0.3, -0.25) is 19.2 Å². The van der Waals surface area contributed by atoms with E-state index in [0.717, 1.165) is 0 Å². The van der Waals surface area contributed by atoms with E-state index in [0.29, 0.717) is 5.75 Å². The summed E-state index contributed by atoms with van der Waals surface area (Å²) in [5.41, 5.74) is 5.56. The number of hydrogen-bond acceptors (Lipinski definition) is 6. The van der Waals surface area contributed by atoms with Crippen LogP contribution in [0.25, 0.3) is 0 Å². The van der Waals surface area contributed by atoms with Crippen LogP contribution >= 0.6 is 0 Å². The van der Waals surface area contributed by atoms with Crippen molar-refractivity contribution >= 4 is 23.8 Å². The van der Waals surface area contributed by atoms with E-state index in [9.17, 15) is 19.2 Å². The molecule has 0 saturated heterocycles. The van der Waals surface area contributed by atoms with Crippen LogP contribution in [0.5, 0.6) is 5.75 Å². The van der Waals surface area contributed by atoms with Crippen LogP contribution in [0.3, 0.4) is 0 Å². The van der Waals surface area contributed by atoms with Crippen molar-refractivity contribution in [2.45, 2.75) is 33.2 Å². The minimum Gasteiger partial charge on any atom is -0.466 e. The van der Waals surface area contributed by atoms with Crippen LogP contribution in [-0.2, 0) is 19.1 Å². The van der Waals surface area contributed by atoms with Crippen LogP contribution in [0, 0.1) is 5.92 Å². The van der Waals surface area contributed by atoms with E-state index >= 15 is 0 Å². The molecular formula is C17H22N2O6. The summed E-state index contributed by atoms with van der Waals surface area (Å²) in [5, 5.41) is 2.49. The molecule has 0 unspecified atom stereocenters. The smallest absolute Gasteiger partial charge is 0.308 e. The summed E-state index contributed by atoms with van der Waals surface area (Å²) in [6.07, 6.45) is 0.0332. The summed E-state index contributed by atoms with van der Waals surface area (Å²) in [5.74, 6) is -2.52. The lowest BCUT2D eigenvalue weighted by Crippen LogP contribution is -2.46. The first-order chi connectivity index (χ1) is 11.7. The lowest BCUT2D eigenvalue weighted by atomic mass is 10.0. The summed E-state index contributed by atoms with van der Waals surface area (Å²) < 4.78 is 9.75. The van der Waals surface area contributed by atoms with E-state index in [4.69, 9.17) is 15.2 Å². The van der Waals surface area contributed by atoms with E-state index in [1.807, 2.05) is 0 Å². The Bertz CT molecular complexity index is 641. The Morgan fingerprint density at radius 3 is 2.24 bits per heavy atom. The molecule has 0 aliphatic carbocycles. The van der Waals surface area contributed by atoms with Crippen molar-refractivity contribution in [1.82, 2.24) is 5.32 Å². The lowest BCUT2D eigenvalue weighted by Gasteiger charge is -2.19. The second kappa shape index (κ2) is 9.41. The number of benzene rings is 1. The van der Waals surface area contributed by atoms with Crippen LogP contribution in [0.4, 0.5) is 0 Å². The molecule has 8 heteroatoms.